The normalized spacial score (nSPS) is 16.9. The zero-order valence-corrected chi connectivity index (χ0v) is 11.3. The van der Waals surface area contributed by atoms with Gasteiger partial charge in [0.05, 0.1) is 5.41 Å². The van der Waals surface area contributed by atoms with E-state index in [1.54, 1.807) is 11.3 Å². The van der Waals surface area contributed by atoms with Gasteiger partial charge in [0.25, 0.3) is 0 Å². The van der Waals surface area contributed by atoms with Crippen LogP contribution in [0.5, 0.6) is 0 Å². The van der Waals surface area contributed by atoms with Crippen LogP contribution in [0.25, 0.3) is 0 Å². The highest BCUT2D eigenvalue weighted by Crippen LogP contribution is 2.45. The monoisotopic (exact) mass is 252 g/mol. The maximum Gasteiger partial charge on any atom is 0.229 e. The maximum atomic E-state index is 12.2. The van der Waals surface area contributed by atoms with Gasteiger partial charge < -0.3 is 10.6 Å². The highest BCUT2D eigenvalue weighted by Gasteiger charge is 2.49. The molecule has 1 amide bonds. The zero-order valence-electron chi connectivity index (χ0n) is 10.5. The zero-order chi connectivity index (χ0) is 12.5. The molecular formula is C13H20N2OS. The first kappa shape index (κ1) is 12.6. The van der Waals surface area contributed by atoms with E-state index in [0.29, 0.717) is 6.54 Å². The number of hydrogen-bond acceptors (Lipinski definition) is 3. The third-order valence-corrected chi connectivity index (χ3v) is 4.77. The number of nitrogens with two attached hydrogens (primary N) is 1. The van der Waals surface area contributed by atoms with E-state index < -0.39 is 0 Å². The Kier molecular flexibility index (Phi) is 3.54. The molecule has 17 heavy (non-hydrogen) atoms. The van der Waals surface area contributed by atoms with Crippen molar-refractivity contribution in [1.29, 1.82) is 0 Å². The molecule has 2 N–H and O–H groups in total. The summed E-state index contributed by atoms with van der Waals surface area (Å²) in [5.41, 5.74) is 6.80. The van der Waals surface area contributed by atoms with Crippen LogP contribution < -0.4 is 5.73 Å². The highest BCUT2D eigenvalue weighted by molar-refractivity contribution is 7.10. The number of nitrogens with zero attached hydrogens (tertiary/aromatic N) is 1. The van der Waals surface area contributed by atoms with Crippen LogP contribution in [0, 0.1) is 12.3 Å². The Morgan fingerprint density at radius 3 is 2.76 bits per heavy atom. The van der Waals surface area contributed by atoms with Crippen LogP contribution >= 0.6 is 11.3 Å². The molecule has 0 atom stereocenters. The Bertz CT molecular complexity index is 409. The second kappa shape index (κ2) is 4.78. The first-order valence-corrected chi connectivity index (χ1v) is 6.96. The second-order valence-corrected chi connectivity index (χ2v) is 5.99. The molecule has 1 aromatic rings. The largest absolute Gasteiger partial charge is 0.345 e. The first-order chi connectivity index (χ1) is 8.09. The lowest BCUT2D eigenvalue weighted by atomic mass is 10.1. The van der Waals surface area contributed by atoms with Crippen molar-refractivity contribution >= 4 is 17.2 Å². The Morgan fingerprint density at radius 2 is 2.29 bits per heavy atom. The quantitative estimate of drug-likeness (QED) is 0.868. The predicted octanol–water partition coefficient (Wildman–Crippen LogP) is 1.80. The summed E-state index contributed by atoms with van der Waals surface area (Å²) in [6.07, 6.45) is 2.88. The van der Waals surface area contributed by atoms with Gasteiger partial charge >= 0.3 is 0 Å². The molecule has 94 valence electrons. The molecule has 4 heteroatoms. The van der Waals surface area contributed by atoms with Gasteiger partial charge in [0.15, 0.2) is 0 Å². The molecule has 0 bridgehead atoms. The summed E-state index contributed by atoms with van der Waals surface area (Å²) in [5, 5.41) is 2.11. The van der Waals surface area contributed by atoms with Crippen molar-refractivity contribution in [3.05, 3.63) is 21.9 Å². The number of likely N-dealkylation sites (N-methyl/N-ethyl adjacent to an activating group) is 1. The van der Waals surface area contributed by atoms with Gasteiger partial charge in [0, 0.05) is 25.0 Å². The molecule has 1 aromatic heterocycles. The Morgan fingerprint density at radius 1 is 1.59 bits per heavy atom. The van der Waals surface area contributed by atoms with Crippen molar-refractivity contribution in [2.75, 3.05) is 20.1 Å². The summed E-state index contributed by atoms with van der Waals surface area (Å²) in [6.45, 7) is 3.41. The van der Waals surface area contributed by atoms with Crippen molar-refractivity contribution in [1.82, 2.24) is 4.90 Å². The molecule has 1 aliphatic rings. The van der Waals surface area contributed by atoms with Crippen LogP contribution in [0.3, 0.4) is 0 Å². The van der Waals surface area contributed by atoms with Crippen LogP contribution in [0.2, 0.25) is 0 Å². The average Bonchev–Trinajstić information content (AvgIpc) is 3.03. The molecule has 3 nitrogen and oxygen atoms in total. The fourth-order valence-electron chi connectivity index (χ4n) is 2.09. The van der Waals surface area contributed by atoms with Crippen molar-refractivity contribution in [3.63, 3.8) is 0 Å². The standard InChI is InChI=1S/C13H20N2OS/c1-10-4-8-17-11(10)3-7-15(2)12(16)13(9-14)5-6-13/h4,8H,3,5-7,9,14H2,1-2H3. The van der Waals surface area contributed by atoms with E-state index in [4.69, 9.17) is 5.73 Å². The summed E-state index contributed by atoms with van der Waals surface area (Å²) < 4.78 is 0. The Balaban J connectivity index is 1.88. The molecule has 0 spiro atoms. The van der Waals surface area contributed by atoms with Gasteiger partial charge in [-0.3, -0.25) is 4.79 Å². The van der Waals surface area contributed by atoms with E-state index in [1.807, 2.05) is 11.9 Å². The maximum absolute atomic E-state index is 12.2. The summed E-state index contributed by atoms with van der Waals surface area (Å²) in [7, 11) is 1.89. The van der Waals surface area contributed by atoms with E-state index in [0.717, 1.165) is 25.8 Å². The van der Waals surface area contributed by atoms with Crippen LogP contribution in [0.4, 0.5) is 0 Å². The highest BCUT2D eigenvalue weighted by atomic mass is 32.1. The van der Waals surface area contributed by atoms with Gasteiger partial charge in [-0.05, 0) is 43.2 Å². The minimum absolute atomic E-state index is 0.209. The van der Waals surface area contributed by atoms with E-state index in [-0.39, 0.29) is 11.3 Å². The molecule has 1 fully saturated rings. The van der Waals surface area contributed by atoms with Crippen molar-refractivity contribution in [2.45, 2.75) is 26.2 Å². The number of rotatable bonds is 5. The van der Waals surface area contributed by atoms with Gasteiger partial charge in [0.2, 0.25) is 5.91 Å². The van der Waals surface area contributed by atoms with Crippen molar-refractivity contribution in [2.24, 2.45) is 11.1 Å². The van der Waals surface area contributed by atoms with Crippen molar-refractivity contribution in [3.8, 4) is 0 Å². The van der Waals surface area contributed by atoms with Crippen LogP contribution in [0.15, 0.2) is 11.4 Å². The smallest absolute Gasteiger partial charge is 0.229 e. The number of aryl methyl sites for hydroxylation is 1. The summed E-state index contributed by atoms with van der Waals surface area (Å²) in [4.78, 5) is 15.4. The van der Waals surface area contributed by atoms with Crippen LogP contribution in [-0.2, 0) is 11.2 Å². The molecule has 0 saturated heterocycles. The minimum Gasteiger partial charge on any atom is -0.345 e. The van der Waals surface area contributed by atoms with Gasteiger partial charge in [-0.2, -0.15) is 0 Å². The number of thiophene rings is 1. The molecular weight excluding hydrogens is 232 g/mol. The summed E-state index contributed by atoms with van der Waals surface area (Å²) in [5.74, 6) is 0.231. The lowest BCUT2D eigenvalue weighted by molar-refractivity contribution is -0.135. The minimum atomic E-state index is -0.209. The molecule has 0 aliphatic heterocycles. The van der Waals surface area contributed by atoms with Gasteiger partial charge in [-0.15, -0.1) is 11.3 Å². The third kappa shape index (κ3) is 2.53. The first-order valence-electron chi connectivity index (χ1n) is 6.08. The van der Waals surface area contributed by atoms with Gasteiger partial charge in [-0.25, -0.2) is 0 Å². The number of carbonyl (C=O) groups excluding carboxylic acids is 1. The predicted molar refractivity (Wildman–Crippen MR) is 71.1 cm³/mol. The molecule has 1 heterocycles. The van der Waals surface area contributed by atoms with Crippen LogP contribution in [-0.4, -0.2) is 30.9 Å². The van der Waals surface area contributed by atoms with E-state index in [2.05, 4.69) is 18.4 Å². The topological polar surface area (TPSA) is 46.3 Å². The second-order valence-electron chi connectivity index (χ2n) is 4.99. The summed E-state index contributed by atoms with van der Waals surface area (Å²) in [6, 6.07) is 2.13. The van der Waals surface area contributed by atoms with Gasteiger partial charge in [0.1, 0.15) is 0 Å². The molecule has 0 aromatic carbocycles. The van der Waals surface area contributed by atoms with E-state index >= 15 is 0 Å². The summed E-state index contributed by atoms with van der Waals surface area (Å²) >= 11 is 1.77. The molecule has 0 radical (unpaired) electrons. The lowest BCUT2D eigenvalue weighted by Crippen LogP contribution is -2.39. The van der Waals surface area contributed by atoms with E-state index in [1.165, 1.54) is 10.4 Å². The van der Waals surface area contributed by atoms with Crippen LogP contribution in [0.1, 0.15) is 23.3 Å². The molecule has 2 rings (SSSR count). The number of hydrogen-bond donors (Lipinski definition) is 1. The Hall–Kier alpha value is -0.870. The fraction of sp³-hybridized carbons (Fsp3) is 0.615. The SMILES string of the molecule is Cc1ccsc1CCN(C)C(=O)C1(CN)CC1. The average molecular weight is 252 g/mol. The molecule has 0 unspecified atom stereocenters. The van der Waals surface area contributed by atoms with E-state index in [9.17, 15) is 4.79 Å². The lowest BCUT2D eigenvalue weighted by Gasteiger charge is -2.22. The molecule has 1 saturated carbocycles. The number of amides is 1. The molecule has 1 aliphatic carbocycles. The third-order valence-electron chi connectivity index (χ3n) is 3.69. The number of carbonyl (C=O) groups is 1. The van der Waals surface area contributed by atoms with Gasteiger partial charge in [-0.1, -0.05) is 0 Å². The fourth-order valence-corrected chi connectivity index (χ4v) is 2.99. The van der Waals surface area contributed by atoms with Crippen molar-refractivity contribution < 1.29 is 4.79 Å². The Labute approximate surface area is 107 Å².